The van der Waals surface area contributed by atoms with Gasteiger partial charge in [-0.25, -0.2) is 0 Å². The van der Waals surface area contributed by atoms with Gasteiger partial charge in [0.05, 0.1) is 5.92 Å². The van der Waals surface area contributed by atoms with Crippen LogP contribution >= 0.6 is 0 Å². The van der Waals surface area contributed by atoms with Crippen LogP contribution in [0.3, 0.4) is 0 Å². The molecule has 0 unspecified atom stereocenters. The molecule has 4 heterocycles. The van der Waals surface area contributed by atoms with Gasteiger partial charge in [-0.15, -0.1) is 0 Å². The van der Waals surface area contributed by atoms with E-state index in [0.29, 0.717) is 5.82 Å². The van der Waals surface area contributed by atoms with E-state index in [4.69, 9.17) is 9.26 Å². The summed E-state index contributed by atoms with van der Waals surface area (Å²) in [4.78, 5) is 8.71. The van der Waals surface area contributed by atoms with Crippen molar-refractivity contribution in [1.82, 2.24) is 20.4 Å². The molecule has 4 rings (SSSR count). The normalized spacial score (nSPS) is 24.5. The van der Waals surface area contributed by atoms with E-state index in [9.17, 15) is 0 Å². The van der Waals surface area contributed by atoms with Crippen LogP contribution in [0.4, 0.5) is 0 Å². The lowest BCUT2D eigenvalue weighted by molar-refractivity contribution is 0.0122. The Morgan fingerprint density at radius 1 is 1.29 bits per heavy atom. The van der Waals surface area contributed by atoms with Crippen LogP contribution in [-0.2, 0) is 4.74 Å². The highest BCUT2D eigenvalue weighted by molar-refractivity contribution is 5.52. The van der Waals surface area contributed by atoms with Crippen molar-refractivity contribution in [2.24, 2.45) is 5.41 Å². The third kappa shape index (κ3) is 2.24. The highest BCUT2D eigenvalue weighted by atomic mass is 16.5. The second-order valence-electron chi connectivity index (χ2n) is 5.86. The Labute approximate surface area is 122 Å². The Hall–Kier alpha value is -1.79. The lowest BCUT2D eigenvalue weighted by Crippen LogP contribution is -2.35. The van der Waals surface area contributed by atoms with Crippen LogP contribution in [0.5, 0.6) is 0 Å². The fraction of sp³-hybridized carbons (Fsp3) is 0.533. The number of aromatic nitrogens is 3. The zero-order valence-corrected chi connectivity index (χ0v) is 11.8. The predicted molar refractivity (Wildman–Crippen MR) is 75.6 cm³/mol. The monoisotopic (exact) mass is 286 g/mol. The Balaban J connectivity index is 1.63. The quantitative estimate of drug-likeness (QED) is 0.904. The van der Waals surface area contributed by atoms with Gasteiger partial charge in [0.15, 0.2) is 0 Å². The number of hydrogen-bond acceptors (Lipinski definition) is 6. The number of nitrogens with one attached hydrogen (secondary N) is 1. The zero-order chi connectivity index (χ0) is 14.1. The van der Waals surface area contributed by atoms with Crippen molar-refractivity contribution < 1.29 is 9.26 Å². The maximum atomic E-state index is 5.56. The lowest BCUT2D eigenvalue weighted by Gasteiger charge is -2.36. The molecule has 6 heteroatoms. The van der Waals surface area contributed by atoms with Crippen LogP contribution in [0.2, 0.25) is 0 Å². The molecule has 0 bridgehead atoms. The van der Waals surface area contributed by atoms with Crippen LogP contribution in [-0.4, -0.2) is 41.4 Å². The van der Waals surface area contributed by atoms with Crippen LogP contribution in [0.25, 0.3) is 11.4 Å². The number of pyridine rings is 1. The molecule has 0 amide bonds. The van der Waals surface area contributed by atoms with Gasteiger partial charge in [0.25, 0.3) is 0 Å². The molecule has 1 spiro atoms. The molecule has 0 aliphatic carbocycles. The average molecular weight is 286 g/mol. The summed E-state index contributed by atoms with van der Waals surface area (Å²) in [5.74, 6) is 1.63. The molecule has 2 aromatic heterocycles. The Kier molecular flexibility index (Phi) is 3.20. The Morgan fingerprint density at radius 3 is 3.00 bits per heavy atom. The van der Waals surface area contributed by atoms with Crippen LogP contribution < -0.4 is 5.32 Å². The first kappa shape index (κ1) is 12.9. The van der Waals surface area contributed by atoms with E-state index in [-0.39, 0.29) is 11.3 Å². The maximum absolute atomic E-state index is 5.56. The minimum atomic E-state index is 0.205. The summed E-state index contributed by atoms with van der Waals surface area (Å²) in [5, 5.41) is 7.61. The predicted octanol–water partition coefficient (Wildman–Crippen LogP) is 1.62. The number of nitrogens with zero attached hydrogens (tertiary/aromatic N) is 3. The molecule has 2 fully saturated rings. The van der Waals surface area contributed by atoms with Gasteiger partial charge in [-0.2, -0.15) is 4.98 Å². The van der Waals surface area contributed by atoms with Crippen LogP contribution in [0, 0.1) is 5.41 Å². The van der Waals surface area contributed by atoms with Crippen LogP contribution in [0.1, 0.15) is 24.7 Å². The highest BCUT2D eigenvalue weighted by Gasteiger charge is 2.47. The lowest BCUT2D eigenvalue weighted by atomic mass is 9.72. The standard InChI is InChI=1S/C15H18N4O2/c1-2-11(8-16-5-1)13-18-14(21-19-13)12-9-17-10-15(12)3-6-20-7-4-15/h1-2,5,8,12,17H,3-4,6-7,9-10H2/t12-/m1/s1. The van der Waals surface area contributed by atoms with Gasteiger partial charge >= 0.3 is 0 Å². The average Bonchev–Trinajstić information content (AvgIpc) is 3.16. The summed E-state index contributed by atoms with van der Waals surface area (Å²) in [6.07, 6.45) is 5.60. The Bertz CT molecular complexity index is 607. The zero-order valence-electron chi connectivity index (χ0n) is 11.8. The van der Waals surface area contributed by atoms with Gasteiger partial charge < -0.3 is 14.6 Å². The molecule has 21 heavy (non-hydrogen) atoms. The molecule has 0 radical (unpaired) electrons. The van der Waals surface area contributed by atoms with Gasteiger partial charge in [-0.1, -0.05) is 5.16 Å². The van der Waals surface area contributed by atoms with E-state index >= 15 is 0 Å². The van der Waals surface area contributed by atoms with Crippen molar-refractivity contribution >= 4 is 0 Å². The fourth-order valence-electron chi connectivity index (χ4n) is 3.45. The van der Waals surface area contributed by atoms with Crippen LogP contribution in [0.15, 0.2) is 29.0 Å². The molecule has 2 saturated heterocycles. The van der Waals surface area contributed by atoms with Crippen molar-refractivity contribution in [1.29, 1.82) is 0 Å². The van der Waals surface area contributed by atoms with Crippen molar-refractivity contribution in [3.8, 4) is 11.4 Å². The Morgan fingerprint density at radius 2 is 2.19 bits per heavy atom. The third-order valence-corrected chi connectivity index (χ3v) is 4.71. The molecule has 6 nitrogen and oxygen atoms in total. The number of ether oxygens (including phenoxy) is 1. The van der Waals surface area contributed by atoms with Gasteiger partial charge in [0.2, 0.25) is 11.7 Å². The molecular weight excluding hydrogens is 268 g/mol. The summed E-state index contributed by atoms with van der Waals surface area (Å²) in [5.41, 5.74) is 1.09. The van der Waals surface area contributed by atoms with Gasteiger partial charge in [0.1, 0.15) is 0 Å². The summed E-state index contributed by atoms with van der Waals surface area (Å²) < 4.78 is 11.1. The number of rotatable bonds is 2. The van der Waals surface area contributed by atoms with E-state index in [1.807, 2.05) is 12.1 Å². The van der Waals surface area contributed by atoms with Crippen molar-refractivity contribution in [3.63, 3.8) is 0 Å². The molecule has 1 N–H and O–H groups in total. The van der Waals surface area contributed by atoms with Gasteiger partial charge in [0, 0.05) is 44.3 Å². The van der Waals surface area contributed by atoms with E-state index in [1.165, 1.54) is 0 Å². The fourth-order valence-corrected chi connectivity index (χ4v) is 3.45. The second-order valence-corrected chi connectivity index (χ2v) is 5.86. The first-order chi connectivity index (χ1) is 10.4. The molecule has 2 aliphatic rings. The highest BCUT2D eigenvalue weighted by Crippen LogP contribution is 2.46. The molecule has 2 aliphatic heterocycles. The largest absolute Gasteiger partial charge is 0.381 e. The minimum absolute atomic E-state index is 0.205. The summed E-state index contributed by atoms with van der Waals surface area (Å²) in [7, 11) is 0. The van der Waals surface area contributed by atoms with E-state index in [0.717, 1.165) is 50.6 Å². The SMILES string of the molecule is c1cncc(-c2noc([C@H]3CNCC34CCOCC4)n2)c1. The molecule has 0 saturated carbocycles. The topological polar surface area (TPSA) is 73.1 Å². The molecular formula is C15H18N4O2. The smallest absolute Gasteiger partial charge is 0.231 e. The van der Waals surface area contributed by atoms with E-state index in [1.54, 1.807) is 12.4 Å². The molecule has 110 valence electrons. The first-order valence-corrected chi connectivity index (χ1v) is 7.40. The van der Waals surface area contributed by atoms with Gasteiger partial charge in [-0.05, 0) is 30.4 Å². The van der Waals surface area contributed by atoms with Gasteiger partial charge in [-0.3, -0.25) is 4.98 Å². The minimum Gasteiger partial charge on any atom is -0.381 e. The summed E-state index contributed by atoms with van der Waals surface area (Å²) in [6, 6.07) is 3.82. The maximum Gasteiger partial charge on any atom is 0.231 e. The van der Waals surface area contributed by atoms with E-state index in [2.05, 4.69) is 20.4 Å². The summed E-state index contributed by atoms with van der Waals surface area (Å²) in [6.45, 7) is 3.55. The van der Waals surface area contributed by atoms with Crippen molar-refractivity contribution in [3.05, 3.63) is 30.4 Å². The first-order valence-electron chi connectivity index (χ1n) is 7.40. The van der Waals surface area contributed by atoms with E-state index < -0.39 is 0 Å². The summed E-state index contributed by atoms with van der Waals surface area (Å²) >= 11 is 0. The molecule has 2 aromatic rings. The third-order valence-electron chi connectivity index (χ3n) is 4.71. The molecule has 0 aromatic carbocycles. The van der Waals surface area contributed by atoms with Crippen molar-refractivity contribution in [2.75, 3.05) is 26.3 Å². The number of hydrogen-bond donors (Lipinski definition) is 1. The molecule has 1 atom stereocenters. The second kappa shape index (κ2) is 5.20. The van der Waals surface area contributed by atoms with Crippen molar-refractivity contribution in [2.45, 2.75) is 18.8 Å².